The largest absolute Gasteiger partial charge is 0.369 e. The van der Waals surface area contributed by atoms with Crippen LogP contribution in [0.4, 0.5) is 11.4 Å². The summed E-state index contributed by atoms with van der Waals surface area (Å²) in [6, 6.07) is 1.69. The Hall–Kier alpha value is -1.65. The molecule has 1 aliphatic carbocycles. The predicted octanol–water partition coefficient (Wildman–Crippen LogP) is 1.84. The Kier molecular flexibility index (Phi) is 2.53. The summed E-state index contributed by atoms with van der Waals surface area (Å²) in [5.41, 5.74) is 0.738. The van der Waals surface area contributed by atoms with E-state index < -0.39 is 0 Å². The smallest absolute Gasteiger partial charge is 0.310 e. The van der Waals surface area contributed by atoms with Crippen LogP contribution in [-0.4, -0.2) is 23.5 Å². The monoisotopic (exact) mass is 207 g/mol. The second-order valence-electron chi connectivity index (χ2n) is 3.95. The van der Waals surface area contributed by atoms with Gasteiger partial charge in [0, 0.05) is 19.8 Å². The van der Waals surface area contributed by atoms with Crippen molar-refractivity contribution in [3.8, 4) is 0 Å². The fourth-order valence-corrected chi connectivity index (χ4v) is 1.63. The van der Waals surface area contributed by atoms with Crippen molar-refractivity contribution < 1.29 is 4.92 Å². The number of nitro groups is 1. The molecule has 1 aliphatic rings. The topological polar surface area (TPSA) is 59.3 Å². The second kappa shape index (κ2) is 3.84. The number of aromatic nitrogens is 1. The summed E-state index contributed by atoms with van der Waals surface area (Å²) in [4.78, 5) is 16.1. The van der Waals surface area contributed by atoms with Gasteiger partial charge in [-0.3, -0.25) is 15.1 Å². The maximum Gasteiger partial charge on any atom is 0.310 e. The van der Waals surface area contributed by atoms with E-state index >= 15 is 0 Å². The normalized spacial score (nSPS) is 15.0. The minimum atomic E-state index is -0.383. The third-order valence-electron chi connectivity index (χ3n) is 2.61. The van der Waals surface area contributed by atoms with Crippen molar-refractivity contribution in [2.45, 2.75) is 12.8 Å². The number of hydrogen-bond acceptors (Lipinski definition) is 4. The second-order valence-corrected chi connectivity index (χ2v) is 3.95. The van der Waals surface area contributed by atoms with E-state index in [-0.39, 0.29) is 10.6 Å². The van der Waals surface area contributed by atoms with Gasteiger partial charge in [-0.15, -0.1) is 0 Å². The summed E-state index contributed by atoms with van der Waals surface area (Å²) in [6.07, 6.45) is 5.37. The van der Waals surface area contributed by atoms with Crippen LogP contribution in [0.2, 0.25) is 0 Å². The number of hydrogen-bond donors (Lipinski definition) is 0. The molecule has 1 heterocycles. The quantitative estimate of drug-likeness (QED) is 0.558. The van der Waals surface area contributed by atoms with Crippen LogP contribution in [0.5, 0.6) is 0 Å². The van der Waals surface area contributed by atoms with Gasteiger partial charge in [0.05, 0.1) is 4.92 Å². The van der Waals surface area contributed by atoms with Crippen LogP contribution in [0.15, 0.2) is 18.5 Å². The molecule has 5 nitrogen and oxygen atoms in total. The predicted molar refractivity (Wildman–Crippen MR) is 56.9 cm³/mol. The van der Waals surface area contributed by atoms with Gasteiger partial charge in [-0.2, -0.15) is 0 Å². The first-order valence-electron chi connectivity index (χ1n) is 4.98. The lowest BCUT2D eigenvalue weighted by molar-refractivity contribution is -0.384. The van der Waals surface area contributed by atoms with E-state index in [0.29, 0.717) is 11.6 Å². The fourth-order valence-electron chi connectivity index (χ4n) is 1.63. The lowest BCUT2D eigenvalue weighted by Gasteiger charge is -2.18. The lowest BCUT2D eigenvalue weighted by Crippen LogP contribution is -2.20. The average molecular weight is 207 g/mol. The molecule has 0 aromatic carbocycles. The summed E-state index contributed by atoms with van der Waals surface area (Å²) in [5.74, 6) is 0.711. The Morgan fingerprint density at radius 3 is 3.00 bits per heavy atom. The maximum atomic E-state index is 10.8. The molecule has 0 unspecified atom stereocenters. The summed E-state index contributed by atoms with van der Waals surface area (Å²) < 4.78 is 0. The molecule has 1 aromatic rings. The third kappa shape index (κ3) is 2.23. The Bertz CT molecular complexity index is 377. The van der Waals surface area contributed by atoms with Crippen LogP contribution in [0, 0.1) is 16.0 Å². The highest BCUT2D eigenvalue weighted by Crippen LogP contribution is 2.33. The number of rotatable bonds is 4. The molecular formula is C10H13N3O2. The molecule has 0 aliphatic heterocycles. The molecule has 1 aromatic heterocycles. The summed E-state index contributed by atoms with van der Waals surface area (Å²) in [5, 5.41) is 10.8. The van der Waals surface area contributed by atoms with E-state index in [1.54, 1.807) is 12.3 Å². The first kappa shape index (κ1) is 9.89. The van der Waals surface area contributed by atoms with E-state index in [4.69, 9.17) is 0 Å². The van der Waals surface area contributed by atoms with E-state index in [9.17, 15) is 10.1 Å². The van der Waals surface area contributed by atoms with E-state index in [0.717, 1.165) is 6.54 Å². The minimum Gasteiger partial charge on any atom is -0.369 e. The number of pyridine rings is 1. The molecule has 1 saturated carbocycles. The zero-order valence-electron chi connectivity index (χ0n) is 8.59. The molecule has 0 amide bonds. The molecule has 0 N–H and O–H groups in total. The van der Waals surface area contributed by atoms with Gasteiger partial charge in [0.25, 0.3) is 0 Å². The van der Waals surface area contributed by atoms with Crippen molar-refractivity contribution in [1.82, 2.24) is 4.98 Å². The van der Waals surface area contributed by atoms with Crippen LogP contribution >= 0.6 is 0 Å². The molecule has 0 bridgehead atoms. The summed E-state index contributed by atoms with van der Waals surface area (Å²) in [7, 11) is 1.89. The molecule has 5 heteroatoms. The molecule has 15 heavy (non-hydrogen) atoms. The lowest BCUT2D eigenvalue weighted by atomic mass is 10.3. The minimum absolute atomic E-state index is 0.0839. The van der Waals surface area contributed by atoms with Gasteiger partial charge in [0.1, 0.15) is 11.9 Å². The van der Waals surface area contributed by atoms with Gasteiger partial charge in [-0.25, -0.2) is 0 Å². The van der Waals surface area contributed by atoms with Crippen molar-refractivity contribution in [2.75, 3.05) is 18.5 Å². The van der Waals surface area contributed by atoms with E-state index in [2.05, 4.69) is 4.98 Å². The standard InChI is InChI=1S/C10H13N3O2/c1-12(7-8-2-3-8)9-4-5-11-6-10(9)13(14)15/h4-6,8H,2-3,7H2,1H3. The summed E-state index contributed by atoms with van der Waals surface area (Å²) in [6.45, 7) is 0.894. The highest BCUT2D eigenvalue weighted by molar-refractivity contribution is 5.61. The molecular weight excluding hydrogens is 194 g/mol. The molecule has 0 saturated heterocycles. The van der Waals surface area contributed by atoms with Crippen LogP contribution in [0.1, 0.15) is 12.8 Å². The highest BCUT2D eigenvalue weighted by Gasteiger charge is 2.25. The molecule has 2 rings (SSSR count). The number of anilines is 1. The zero-order valence-corrected chi connectivity index (χ0v) is 8.59. The van der Waals surface area contributed by atoms with Gasteiger partial charge in [-0.1, -0.05) is 0 Å². The van der Waals surface area contributed by atoms with Gasteiger partial charge < -0.3 is 4.90 Å². The van der Waals surface area contributed by atoms with Crippen molar-refractivity contribution in [1.29, 1.82) is 0 Å². The highest BCUT2D eigenvalue weighted by atomic mass is 16.6. The fraction of sp³-hybridized carbons (Fsp3) is 0.500. The van der Waals surface area contributed by atoms with E-state index in [1.165, 1.54) is 19.0 Å². The number of nitrogens with zero attached hydrogens (tertiary/aromatic N) is 3. The molecule has 0 radical (unpaired) electrons. The third-order valence-corrected chi connectivity index (χ3v) is 2.61. The Morgan fingerprint density at radius 2 is 2.40 bits per heavy atom. The summed E-state index contributed by atoms with van der Waals surface area (Å²) >= 11 is 0. The van der Waals surface area contributed by atoms with E-state index in [1.807, 2.05) is 11.9 Å². The van der Waals surface area contributed by atoms with Gasteiger partial charge in [0.15, 0.2) is 0 Å². The SMILES string of the molecule is CN(CC1CC1)c1ccncc1[N+](=O)[O-]. The Morgan fingerprint density at radius 1 is 1.67 bits per heavy atom. The molecule has 0 spiro atoms. The first-order valence-corrected chi connectivity index (χ1v) is 4.98. The zero-order chi connectivity index (χ0) is 10.8. The van der Waals surface area contributed by atoms with Crippen molar-refractivity contribution in [3.63, 3.8) is 0 Å². The van der Waals surface area contributed by atoms with Gasteiger partial charge in [0.2, 0.25) is 0 Å². The molecule has 1 fully saturated rings. The van der Waals surface area contributed by atoms with Crippen LogP contribution in [0.3, 0.4) is 0 Å². The Labute approximate surface area is 87.9 Å². The van der Waals surface area contributed by atoms with Gasteiger partial charge >= 0.3 is 5.69 Å². The average Bonchev–Trinajstić information content (AvgIpc) is 3.01. The van der Waals surface area contributed by atoms with Crippen molar-refractivity contribution in [2.24, 2.45) is 5.92 Å². The first-order chi connectivity index (χ1) is 7.18. The van der Waals surface area contributed by atoms with Gasteiger partial charge in [-0.05, 0) is 24.8 Å². The van der Waals surface area contributed by atoms with Crippen LogP contribution in [0.25, 0.3) is 0 Å². The van der Waals surface area contributed by atoms with Crippen molar-refractivity contribution in [3.05, 3.63) is 28.6 Å². The van der Waals surface area contributed by atoms with Crippen molar-refractivity contribution >= 4 is 11.4 Å². The molecule has 0 atom stereocenters. The maximum absolute atomic E-state index is 10.8. The molecule has 80 valence electrons. The Balaban J connectivity index is 2.20. The van der Waals surface area contributed by atoms with Crippen LogP contribution in [-0.2, 0) is 0 Å². The van der Waals surface area contributed by atoms with Crippen LogP contribution < -0.4 is 4.90 Å².